The molecule has 218 valence electrons. The number of nitriles is 1. The van der Waals surface area contributed by atoms with E-state index >= 15 is 0 Å². The van der Waals surface area contributed by atoms with Gasteiger partial charge >= 0.3 is 0 Å². The predicted molar refractivity (Wildman–Crippen MR) is 196 cm³/mol. The molecule has 0 unspecified atom stereocenters. The zero-order valence-corrected chi connectivity index (χ0v) is 25.9. The van der Waals surface area contributed by atoms with Crippen LogP contribution in [0, 0.1) is 11.3 Å². The molecule has 5 heteroatoms. The van der Waals surface area contributed by atoms with E-state index in [1.165, 1.54) is 36.3 Å². The van der Waals surface area contributed by atoms with Gasteiger partial charge in [0.2, 0.25) is 0 Å². The zero-order chi connectivity index (χ0) is 31.1. The fourth-order valence-corrected chi connectivity index (χ4v) is 8.63. The maximum atomic E-state index is 10.2. The molecule has 0 saturated carbocycles. The summed E-state index contributed by atoms with van der Waals surface area (Å²) in [5.41, 5.74) is 8.94. The van der Waals surface area contributed by atoms with Crippen LogP contribution in [0.15, 0.2) is 146 Å². The molecular weight excluding hydrogens is 593 g/mol. The summed E-state index contributed by atoms with van der Waals surface area (Å²) in [6.07, 6.45) is 1.87. The van der Waals surface area contributed by atoms with Crippen molar-refractivity contribution in [3.63, 3.8) is 0 Å². The number of fused-ring (bicyclic) bond motifs is 10. The van der Waals surface area contributed by atoms with Crippen molar-refractivity contribution >= 4 is 75.3 Å². The van der Waals surface area contributed by atoms with Gasteiger partial charge in [-0.2, -0.15) is 5.26 Å². The minimum absolute atomic E-state index is 0.621. The van der Waals surface area contributed by atoms with Crippen LogP contribution in [0.5, 0.6) is 0 Å². The number of rotatable bonds is 3. The van der Waals surface area contributed by atoms with Crippen molar-refractivity contribution in [2.45, 2.75) is 0 Å². The molecule has 0 aliphatic carbocycles. The number of pyridine rings is 1. The summed E-state index contributed by atoms with van der Waals surface area (Å²) in [7, 11) is 0. The SMILES string of the molecule is N#Cc1cc(-c2cccc(-n3c4ccc5c6ccccc6sc5c4c4cccnc43)c2)cc(-n2c3ccccc3c3ccccc32)c1. The summed E-state index contributed by atoms with van der Waals surface area (Å²) in [5.74, 6) is 0. The van der Waals surface area contributed by atoms with E-state index in [2.05, 4.69) is 137 Å². The summed E-state index contributed by atoms with van der Waals surface area (Å²) in [6, 6.07) is 51.5. The number of benzene rings is 6. The van der Waals surface area contributed by atoms with Gasteiger partial charge in [0.25, 0.3) is 0 Å². The molecule has 6 aromatic carbocycles. The van der Waals surface area contributed by atoms with Crippen molar-refractivity contribution in [2.24, 2.45) is 0 Å². The van der Waals surface area contributed by atoms with Gasteiger partial charge in [-0.1, -0.05) is 72.8 Å². The second-order valence-electron chi connectivity index (χ2n) is 11.9. The molecule has 47 heavy (non-hydrogen) atoms. The zero-order valence-electron chi connectivity index (χ0n) is 25.1. The normalized spacial score (nSPS) is 11.8. The van der Waals surface area contributed by atoms with E-state index in [-0.39, 0.29) is 0 Å². The van der Waals surface area contributed by atoms with E-state index in [4.69, 9.17) is 4.98 Å². The van der Waals surface area contributed by atoms with E-state index in [1.54, 1.807) is 0 Å². The van der Waals surface area contributed by atoms with Crippen LogP contribution in [-0.4, -0.2) is 14.1 Å². The number of hydrogen-bond donors (Lipinski definition) is 0. The van der Waals surface area contributed by atoms with Crippen LogP contribution in [0.25, 0.3) is 86.4 Å². The molecule has 4 aromatic heterocycles. The Bertz CT molecular complexity index is 2880. The number of para-hydroxylation sites is 2. The molecule has 4 nitrogen and oxygen atoms in total. The number of aromatic nitrogens is 3. The third-order valence-corrected chi connectivity index (χ3v) is 10.6. The highest BCUT2D eigenvalue weighted by Crippen LogP contribution is 2.43. The lowest BCUT2D eigenvalue weighted by Gasteiger charge is -2.13. The lowest BCUT2D eigenvalue weighted by Crippen LogP contribution is -1.97. The molecule has 0 amide bonds. The topological polar surface area (TPSA) is 46.5 Å². The Balaban J connectivity index is 1.20. The monoisotopic (exact) mass is 616 g/mol. The maximum absolute atomic E-state index is 10.2. The van der Waals surface area contributed by atoms with Gasteiger partial charge in [-0.3, -0.25) is 4.57 Å². The third kappa shape index (κ3) is 3.77. The summed E-state index contributed by atoms with van der Waals surface area (Å²) in [5, 5.41) is 17.5. The first-order valence-corrected chi connectivity index (χ1v) is 16.4. The predicted octanol–water partition coefficient (Wildman–Crippen LogP) is 11.2. The summed E-state index contributed by atoms with van der Waals surface area (Å²) in [6.45, 7) is 0. The highest BCUT2D eigenvalue weighted by atomic mass is 32.1. The van der Waals surface area contributed by atoms with Crippen LogP contribution < -0.4 is 0 Å². The Morgan fingerprint density at radius 3 is 2.06 bits per heavy atom. The Hall–Kier alpha value is -6.22. The first-order valence-electron chi connectivity index (χ1n) is 15.6. The van der Waals surface area contributed by atoms with Crippen molar-refractivity contribution in [1.82, 2.24) is 14.1 Å². The standard InChI is InChI=1S/C42H24N4S/c43-25-26-21-28(24-30(22-26)45-36-15-4-1-11-31(36)32-12-2-5-16-37(32)45)27-9-7-10-29(23-27)46-38-19-18-34-33-13-3-6-17-39(33)47-41(34)40(38)35-14-8-20-44-42(35)46/h1-24H. The van der Waals surface area contributed by atoms with Gasteiger partial charge in [-0.05, 0) is 77.9 Å². The van der Waals surface area contributed by atoms with E-state index in [9.17, 15) is 5.26 Å². The molecular formula is C42H24N4S. The molecule has 0 N–H and O–H groups in total. The smallest absolute Gasteiger partial charge is 0.145 e. The van der Waals surface area contributed by atoms with Gasteiger partial charge in [0, 0.05) is 59.3 Å². The van der Waals surface area contributed by atoms with Crippen LogP contribution in [0.2, 0.25) is 0 Å². The van der Waals surface area contributed by atoms with Crippen molar-refractivity contribution in [1.29, 1.82) is 5.26 Å². The van der Waals surface area contributed by atoms with Gasteiger partial charge in [-0.25, -0.2) is 4.98 Å². The van der Waals surface area contributed by atoms with Crippen molar-refractivity contribution in [2.75, 3.05) is 0 Å². The lowest BCUT2D eigenvalue weighted by molar-refractivity contribution is 1.14. The van der Waals surface area contributed by atoms with Gasteiger partial charge in [0.1, 0.15) is 5.65 Å². The second kappa shape index (κ2) is 9.89. The molecule has 10 aromatic rings. The lowest BCUT2D eigenvalue weighted by atomic mass is 10.0. The molecule has 10 rings (SSSR count). The summed E-state index contributed by atoms with van der Waals surface area (Å²) < 4.78 is 7.12. The average Bonchev–Trinajstić information content (AvgIpc) is 3.79. The van der Waals surface area contributed by atoms with Crippen LogP contribution >= 0.6 is 11.3 Å². The van der Waals surface area contributed by atoms with E-state index < -0.39 is 0 Å². The highest BCUT2D eigenvalue weighted by molar-refractivity contribution is 7.26. The van der Waals surface area contributed by atoms with Gasteiger partial charge < -0.3 is 4.57 Å². The molecule has 0 fully saturated rings. The van der Waals surface area contributed by atoms with Crippen LogP contribution in [0.4, 0.5) is 0 Å². The second-order valence-corrected chi connectivity index (χ2v) is 13.0. The summed E-state index contributed by atoms with van der Waals surface area (Å²) in [4.78, 5) is 4.91. The number of hydrogen-bond acceptors (Lipinski definition) is 3. The largest absolute Gasteiger partial charge is 0.309 e. The molecule has 0 aliphatic heterocycles. The van der Waals surface area contributed by atoms with E-state index in [0.717, 1.165) is 50.1 Å². The number of nitrogens with zero attached hydrogens (tertiary/aromatic N) is 4. The fourth-order valence-electron chi connectivity index (χ4n) is 7.37. The quantitative estimate of drug-likeness (QED) is 0.198. The highest BCUT2D eigenvalue weighted by Gasteiger charge is 2.19. The number of thiophene rings is 1. The minimum atomic E-state index is 0.621. The van der Waals surface area contributed by atoms with Gasteiger partial charge in [0.05, 0.1) is 28.2 Å². The molecule has 0 radical (unpaired) electrons. The van der Waals surface area contributed by atoms with E-state index in [0.29, 0.717) is 5.56 Å². The summed E-state index contributed by atoms with van der Waals surface area (Å²) >= 11 is 1.85. The van der Waals surface area contributed by atoms with E-state index in [1.807, 2.05) is 35.7 Å². The third-order valence-electron chi connectivity index (χ3n) is 9.36. The van der Waals surface area contributed by atoms with Crippen molar-refractivity contribution < 1.29 is 0 Å². The van der Waals surface area contributed by atoms with Crippen molar-refractivity contribution in [3.8, 4) is 28.6 Å². The molecule has 0 spiro atoms. The van der Waals surface area contributed by atoms with Crippen LogP contribution in [-0.2, 0) is 0 Å². The first kappa shape index (κ1) is 26.0. The first-order chi connectivity index (χ1) is 23.3. The minimum Gasteiger partial charge on any atom is -0.309 e. The van der Waals surface area contributed by atoms with Crippen molar-refractivity contribution in [3.05, 3.63) is 151 Å². The van der Waals surface area contributed by atoms with Crippen LogP contribution in [0.1, 0.15) is 5.56 Å². The van der Waals surface area contributed by atoms with Gasteiger partial charge in [0.15, 0.2) is 0 Å². The molecule has 0 atom stereocenters. The fraction of sp³-hybridized carbons (Fsp3) is 0. The Labute approximate surface area is 273 Å². The maximum Gasteiger partial charge on any atom is 0.145 e. The van der Waals surface area contributed by atoms with Crippen LogP contribution in [0.3, 0.4) is 0 Å². The molecule has 0 aliphatic rings. The Morgan fingerprint density at radius 2 is 1.26 bits per heavy atom. The van der Waals surface area contributed by atoms with Gasteiger partial charge in [-0.15, -0.1) is 11.3 Å². The Kier molecular flexibility index (Phi) is 5.48. The average molecular weight is 617 g/mol. The molecule has 0 saturated heterocycles. The molecule has 4 heterocycles. The molecule has 0 bridgehead atoms. The Morgan fingerprint density at radius 1 is 0.532 bits per heavy atom.